The van der Waals surface area contributed by atoms with Crippen molar-refractivity contribution in [2.75, 3.05) is 0 Å². The summed E-state index contributed by atoms with van der Waals surface area (Å²) >= 11 is 0. The van der Waals surface area contributed by atoms with Crippen LogP contribution in [0, 0.1) is 0 Å². The molecule has 204 valence electrons. The van der Waals surface area contributed by atoms with E-state index in [2.05, 4.69) is 74.5 Å². The molecule has 0 heteroatoms. The molecule has 0 saturated heterocycles. The van der Waals surface area contributed by atoms with Gasteiger partial charge < -0.3 is 0 Å². The normalized spacial score (nSPS) is 11.7. The lowest BCUT2D eigenvalue weighted by molar-refractivity contribution is 0.576. The Kier molecular flexibility index (Phi) is 12.0. The summed E-state index contributed by atoms with van der Waals surface area (Å²) in [6.45, 7) is 4.59. The summed E-state index contributed by atoms with van der Waals surface area (Å²) in [4.78, 5) is 0. The molecule has 0 fully saturated rings. The van der Waals surface area contributed by atoms with Crippen LogP contribution in [0.3, 0.4) is 0 Å². The average Bonchev–Trinajstić information content (AvgIpc) is 2.95. The number of aryl methyl sites for hydroxylation is 2. The molecule has 0 amide bonds. The van der Waals surface area contributed by atoms with Gasteiger partial charge in [0.15, 0.2) is 0 Å². The van der Waals surface area contributed by atoms with E-state index in [0.29, 0.717) is 0 Å². The molecule has 0 aromatic heterocycles. The predicted molar refractivity (Wildman–Crippen MR) is 172 cm³/mol. The molecular weight excluding hydrogens is 456 g/mol. The van der Waals surface area contributed by atoms with Gasteiger partial charge in [-0.15, -0.1) is 0 Å². The van der Waals surface area contributed by atoms with Crippen LogP contribution in [0.2, 0.25) is 0 Å². The lowest BCUT2D eigenvalue weighted by Crippen LogP contribution is -1.91. The van der Waals surface area contributed by atoms with Crippen LogP contribution in [-0.2, 0) is 12.8 Å². The van der Waals surface area contributed by atoms with Gasteiger partial charge in [0.1, 0.15) is 0 Å². The molecule has 0 aliphatic rings. The molecule has 0 saturated carbocycles. The quantitative estimate of drug-likeness (QED) is 0.0925. The van der Waals surface area contributed by atoms with Crippen molar-refractivity contribution in [2.45, 2.75) is 129 Å². The molecule has 0 N–H and O–H groups in total. The van der Waals surface area contributed by atoms with Gasteiger partial charge in [-0.1, -0.05) is 164 Å². The molecule has 0 aliphatic carbocycles. The summed E-state index contributed by atoms with van der Waals surface area (Å²) in [7, 11) is 0. The zero-order valence-electron chi connectivity index (χ0n) is 24.5. The summed E-state index contributed by atoms with van der Waals surface area (Å²) in [6, 6.07) is 23.6. The van der Waals surface area contributed by atoms with Crippen molar-refractivity contribution >= 4 is 32.3 Å². The maximum Gasteiger partial charge on any atom is -0.00989 e. The van der Waals surface area contributed by atoms with E-state index in [9.17, 15) is 0 Å². The molecule has 0 spiro atoms. The van der Waals surface area contributed by atoms with Gasteiger partial charge in [-0.2, -0.15) is 0 Å². The predicted octanol–water partition coefficient (Wildman–Crippen LogP) is 12.5. The Morgan fingerprint density at radius 2 is 0.632 bits per heavy atom. The smallest absolute Gasteiger partial charge is 0.00989 e. The van der Waals surface area contributed by atoms with E-state index in [4.69, 9.17) is 0 Å². The lowest BCUT2D eigenvalue weighted by Gasteiger charge is -2.13. The first kappa shape index (κ1) is 28.7. The number of hydrogen-bond acceptors (Lipinski definition) is 0. The first-order valence-electron chi connectivity index (χ1n) is 16.2. The minimum atomic E-state index is 1.20. The fraction of sp³-hybridized carbons (Fsp3) is 0.526. The maximum atomic E-state index is 2.41. The van der Waals surface area contributed by atoms with Crippen LogP contribution in [-0.4, -0.2) is 0 Å². The van der Waals surface area contributed by atoms with Crippen molar-refractivity contribution in [2.24, 2.45) is 0 Å². The van der Waals surface area contributed by atoms with Gasteiger partial charge in [0.2, 0.25) is 0 Å². The van der Waals surface area contributed by atoms with Crippen LogP contribution in [0.5, 0.6) is 0 Å². The highest BCUT2D eigenvalue weighted by molar-refractivity contribution is 6.18. The van der Waals surface area contributed by atoms with E-state index < -0.39 is 0 Å². The highest BCUT2D eigenvalue weighted by Crippen LogP contribution is 2.34. The Morgan fingerprint density at radius 3 is 1.03 bits per heavy atom. The van der Waals surface area contributed by atoms with Crippen molar-refractivity contribution in [3.63, 3.8) is 0 Å². The van der Waals surface area contributed by atoms with Gasteiger partial charge in [-0.3, -0.25) is 0 Å². The van der Waals surface area contributed by atoms with Gasteiger partial charge >= 0.3 is 0 Å². The second kappa shape index (κ2) is 15.9. The van der Waals surface area contributed by atoms with E-state index >= 15 is 0 Å². The monoisotopic (exact) mass is 508 g/mol. The Labute approximate surface area is 233 Å². The zero-order chi connectivity index (χ0) is 26.4. The lowest BCUT2D eigenvalue weighted by atomic mass is 9.91. The van der Waals surface area contributed by atoms with Crippen LogP contribution in [0.25, 0.3) is 32.3 Å². The summed E-state index contributed by atoms with van der Waals surface area (Å²) in [5.74, 6) is 0. The molecule has 4 aromatic carbocycles. The summed E-state index contributed by atoms with van der Waals surface area (Å²) < 4.78 is 0. The average molecular weight is 509 g/mol. The van der Waals surface area contributed by atoms with Crippen LogP contribution >= 0.6 is 0 Å². The molecule has 0 heterocycles. The second-order valence-electron chi connectivity index (χ2n) is 11.7. The molecule has 38 heavy (non-hydrogen) atoms. The number of fused-ring (bicyclic) bond motifs is 5. The van der Waals surface area contributed by atoms with Gasteiger partial charge in [0.25, 0.3) is 0 Å². The zero-order valence-corrected chi connectivity index (χ0v) is 24.5. The largest absolute Gasteiger partial charge is 0.0654 e. The fourth-order valence-corrected chi connectivity index (χ4v) is 6.41. The molecule has 0 unspecified atom stereocenters. The Morgan fingerprint density at radius 1 is 0.316 bits per heavy atom. The van der Waals surface area contributed by atoms with E-state index in [-0.39, 0.29) is 0 Å². The van der Waals surface area contributed by atoms with Crippen LogP contribution < -0.4 is 0 Å². The maximum absolute atomic E-state index is 2.41. The molecule has 0 aliphatic heterocycles. The van der Waals surface area contributed by atoms with E-state index in [0.717, 1.165) is 0 Å². The number of unbranched alkanes of at least 4 members (excludes halogenated alkanes) is 14. The van der Waals surface area contributed by atoms with Crippen molar-refractivity contribution in [3.05, 3.63) is 71.8 Å². The topological polar surface area (TPSA) is 0 Å². The van der Waals surface area contributed by atoms with Gasteiger partial charge in [0, 0.05) is 0 Å². The van der Waals surface area contributed by atoms with Crippen LogP contribution in [0.1, 0.15) is 128 Å². The summed E-state index contributed by atoms with van der Waals surface area (Å²) in [5.41, 5.74) is 3.05. The molecular formula is C38H52. The van der Waals surface area contributed by atoms with Crippen molar-refractivity contribution < 1.29 is 0 Å². The van der Waals surface area contributed by atoms with Crippen molar-refractivity contribution in [1.29, 1.82) is 0 Å². The third kappa shape index (κ3) is 7.84. The SMILES string of the molecule is CCCCCCCCCCc1cccc2c1ccc1c3cccc(CCCCCCCCCC)c3ccc21. The van der Waals surface area contributed by atoms with Gasteiger partial charge in [-0.05, 0) is 69.1 Å². The molecule has 0 radical (unpaired) electrons. The summed E-state index contributed by atoms with van der Waals surface area (Å²) in [5, 5.41) is 8.59. The Bertz CT molecular complexity index is 1150. The second-order valence-corrected chi connectivity index (χ2v) is 11.7. The Hall–Kier alpha value is -2.34. The number of benzene rings is 4. The van der Waals surface area contributed by atoms with Gasteiger partial charge in [-0.25, -0.2) is 0 Å². The summed E-state index contributed by atoms with van der Waals surface area (Å²) in [6.07, 6.45) is 24.5. The van der Waals surface area contributed by atoms with E-state index in [1.807, 2.05) is 0 Å². The first-order valence-corrected chi connectivity index (χ1v) is 16.2. The third-order valence-corrected chi connectivity index (χ3v) is 8.70. The standard InChI is InChI=1S/C38H52/c1-3-5-7-9-11-13-15-17-21-31-23-19-25-35-33(31)27-29-38-36-26-20-24-32(34(36)28-30-37(35)38)22-18-16-14-12-10-8-6-4-2/h19-20,23-30H,3-18,21-22H2,1-2H3. The molecule has 0 bridgehead atoms. The minimum Gasteiger partial charge on any atom is -0.0654 e. The van der Waals surface area contributed by atoms with Crippen LogP contribution in [0.15, 0.2) is 60.7 Å². The van der Waals surface area contributed by atoms with Crippen LogP contribution in [0.4, 0.5) is 0 Å². The van der Waals surface area contributed by atoms with Crippen molar-refractivity contribution in [3.8, 4) is 0 Å². The Balaban J connectivity index is 1.41. The van der Waals surface area contributed by atoms with E-state index in [1.165, 1.54) is 159 Å². The van der Waals surface area contributed by atoms with Gasteiger partial charge in [0.05, 0.1) is 0 Å². The molecule has 4 aromatic rings. The highest BCUT2D eigenvalue weighted by Gasteiger charge is 2.09. The molecule has 0 atom stereocenters. The molecule has 0 nitrogen and oxygen atoms in total. The first-order chi connectivity index (χ1) is 18.8. The fourth-order valence-electron chi connectivity index (χ4n) is 6.41. The molecule has 4 rings (SSSR count). The minimum absolute atomic E-state index is 1.20. The number of hydrogen-bond donors (Lipinski definition) is 0. The van der Waals surface area contributed by atoms with Crippen molar-refractivity contribution in [1.82, 2.24) is 0 Å². The number of rotatable bonds is 18. The van der Waals surface area contributed by atoms with E-state index in [1.54, 1.807) is 0 Å². The highest BCUT2D eigenvalue weighted by atomic mass is 14.1. The third-order valence-electron chi connectivity index (χ3n) is 8.70.